The number of ether oxygens (including phenoxy) is 2. The van der Waals surface area contributed by atoms with Gasteiger partial charge in [-0.25, -0.2) is 13.2 Å². The van der Waals surface area contributed by atoms with E-state index in [2.05, 4.69) is 4.83 Å². The van der Waals surface area contributed by atoms with Gasteiger partial charge in [-0.1, -0.05) is 60.7 Å². The maximum absolute atomic E-state index is 13.3. The van der Waals surface area contributed by atoms with E-state index < -0.39 is 39.3 Å². The monoisotopic (exact) mass is 483 g/mol. The number of non-ortho nitro benzene ring substituents is 1. The van der Waals surface area contributed by atoms with Crippen molar-refractivity contribution in [3.8, 4) is 0 Å². The molecule has 0 saturated carbocycles. The molecule has 34 heavy (non-hydrogen) atoms. The summed E-state index contributed by atoms with van der Waals surface area (Å²) in [5, 5.41) is 12.3. The highest BCUT2D eigenvalue weighted by molar-refractivity contribution is 7.89. The fourth-order valence-electron chi connectivity index (χ4n) is 3.76. The van der Waals surface area contributed by atoms with Crippen molar-refractivity contribution in [3.63, 3.8) is 0 Å². The van der Waals surface area contributed by atoms with Crippen LogP contribution in [-0.2, 0) is 24.3 Å². The quantitative estimate of drug-likeness (QED) is 0.308. The molecule has 0 amide bonds. The normalized spacial score (nSPS) is 20.7. The van der Waals surface area contributed by atoms with Crippen molar-refractivity contribution in [2.45, 2.75) is 23.3 Å². The molecule has 176 valence electrons. The van der Waals surface area contributed by atoms with Gasteiger partial charge in [0.2, 0.25) is 0 Å². The predicted molar refractivity (Wildman–Crippen MR) is 121 cm³/mol. The summed E-state index contributed by atoms with van der Waals surface area (Å²) in [7, 11) is -2.97. The Morgan fingerprint density at radius 1 is 0.971 bits per heavy atom. The van der Waals surface area contributed by atoms with Crippen molar-refractivity contribution in [1.82, 2.24) is 9.84 Å². The number of esters is 1. The van der Waals surface area contributed by atoms with Gasteiger partial charge in [0.05, 0.1) is 23.0 Å². The van der Waals surface area contributed by atoms with Crippen molar-refractivity contribution < 1.29 is 27.6 Å². The fraction of sp³-hybridized carbons (Fsp3) is 0.174. The van der Waals surface area contributed by atoms with Crippen LogP contribution in [0.1, 0.15) is 23.4 Å². The molecule has 0 aliphatic carbocycles. The van der Waals surface area contributed by atoms with E-state index in [1.807, 2.05) is 0 Å². The highest BCUT2D eigenvalue weighted by Gasteiger charge is 2.49. The lowest BCUT2D eigenvalue weighted by Crippen LogP contribution is -2.45. The van der Waals surface area contributed by atoms with Gasteiger partial charge in [-0.05, 0) is 23.3 Å². The van der Waals surface area contributed by atoms with Crippen molar-refractivity contribution in [2.24, 2.45) is 0 Å². The van der Waals surface area contributed by atoms with E-state index in [4.69, 9.17) is 9.47 Å². The van der Waals surface area contributed by atoms with Crippen molar-refractivity contribution in [1.29, 1.82) is 0 Å². The first-order valence-electron chi connectivity index (χ1n) is 10.2. The molecule has 3 atom stereocenters. The summed E-state index contributed by atoms with van der Waals surface area (Å²) in [6.07, 6.45) is -2.08. The minimum Gasteiger partial charge on any atom is -0.467 e. The molecule has 3 aromatic rings. The first kappa shape index (κ1) is 23.5. The number of nitro benzene ring substituents is 1. The molecule has 1 aliphatic heterocycles. The summed E-state index contributed by atoms with van der Waals surface area (Å²) in [6.45, 7) is 0. The Balaban J connectivity index is 1.78. The molecule has 0 unspecified atom stereocenters. The van der Waals surface area contributed by atoms with Crippen LogP contribution in [0.3, 0.4) is 0 Å². The molecule has 1 fully saturated rings. The molecule has 0 aromatic heterocycles. The van der Waals surface area contributed by atoms with Crippen molar-refractivity contribution in [2.75, 3.05) is 7.11 Å². The number of hydrogen-bond donors (Lipinski definition) is 1. The van der Waals surface area contributed by atoms with Crippen LogP contribution in [0.15, 0.2) is 89.8 Å². The number of rotatable bonds is 7. The summed E-state index contributed by atoms with van der Waals surface area (Å²) in [5.74, 6) is -0.660. The minimum atomic E-state index is -4.20. The summed E-state index contributed by atoms with van der Waals surface area (Å²) in [4.78, 5) is 25.3. The molecule has 1 N–H and O–H groups in total. The molecule has 0 bridgehead atoms. The lowest BCUT2D eigenvalue weighted by atomic mass is 10.0. The van der Waals surface area contributed by atoms with Crippen LogP contribution in [-0.4, -0.2) is 37.5 Å². The van der Waals surface area contributed by atoms with E-state index >= 15 is 0 Å². The molecule has 4 rings (SSSR count). The SMILES string of the molecule is COC(=O)[C@@H]1O[C@@H](c2ccccc2)N(NS(=O)(=O)c2ccc([N+](=O)[O-])cc2)[C@H]1c1ccccc1. The van der Waals surface area contributed by atoms with E-state index in [9.17, 15) is 23.3 Å². The van der Waals surface area contributed by atoms with Crippen LogP contribution in [0.25, 0.3) is 0 Å². The first-order valence-corrected chi connectivity index (χ1v) is 11.7. The third-order valence-corrected chi connectivity index (χ3v) is 6.70. The number of carbonyl (C=O) groups is 1. The third-order valence-electron chi connectivity index (χ3n) is 5.36. The minimum absolute atomic E-state index is 0.182. The molecule has 0 radical (unpaired) electrons. The van der Waals surface area contributed by atoms with E-state index in [1.165, 1.54) is 12.1 Å². The van der Waals surface area contributed by atoms with Gasteiger partial charge in [-0.2, -0.15) is 5.01 Å². The summed E-state index contributed by atoms with van der Waals surface area (Å²) >= 11 is 0. The summed E-state index contributed by atoms with van der Waals surface area (Å²) in [6, 6.07) is 21.3. The number of benzene rings is 3. The first-order chi connectivity index (χ1) is 16.3. The second-order valence-corrected chi connectivity index (χ2v) is 9.11. The van der Waals surface area contributed by atoms with Crippen LogP contribution in [0.4, 0.5) is 5.69 Å². The maximum atomic E-state index is 13.3. The van der Waals surface area contributed by atoms with Gasteiger partial charge in [0.15, 0.2) is 12.3 Å². The van der Waals surface area contributed by atoms with Crippen LogP contribution in [0, 0.1) is 10.1 Å². The third kappa shape index (κ3) is 4.68. The highest BCUT2D eigenvalue weighted by atomic mass is 32.2. The van der Waals surface area contributed by atoms with Gasteiger partial charge in [0.1, 0.15) is 0 Å². The van der Waals surface area contributed by atoms with E-state index in [0.29, 0.717) is 11.1 Å². The van der Waals surface area contributed by atoms with Crippen LogP contribution < -0.4 is 4.83 Å². The van der Waals surface area contributed by atoms with E-state index in [0.717, 1.165) is 24.3 Å². The largest absolute Gasteiger partial charge is 0.467 e. The number of nitro groups is 1. The average Bonchev–Trinajstić information content (AvgIpc) is 3.23. The highest BCUT2D eigenvalue weighted by Crippen LogP contribution is 2.42. The zero-order valence-electron chi connectivity index (χ0n) is 18.0. The number of nitrogens with zero attached hydrogens (tertiary/aromatic N) is 2. The molecule has 3 aromatic carbocycles. The Morgan fingerprint density at radius 2 is 1.53 bits per heavy atom. The molecular weight excluding hydrogens is 462 g/mol. The fourth-order valence-corrected chi connectivity index (χ4v) is 4.84. The zero-order chi connectivity index (χ0) is 24.3. The van der Waals surface area contributed by atoms with Crippen molar-refractivity contribution >= 4 is 21.7 Å². The average molecular weight is 484 g/mol. The Hall–Kier alpha value is -3.64. The predicted octanol–water partition coefficient (Wildman–Crippen LogP) is 3.10. The summed E-state index contributed by atoms with van der Waals surface area (Å²) in [5.41, 5.74) is 1.00. The number of hydrazine groups is 1. The molecule has 11 heteroatoms. The Morgan fingerprint density at radius 3 is 2.06 bits per heavy atom. The molecular formula is C23H21N3O7S. The van der Waals surface area contributed by atoms with Gasteiger partial charge < -0.3 is 9.47 Å². The second kappa shape index (κ2) is 9.69. The van der Waals surface area contributed by atoms with Gasteiger partial charge in [0, 0.05) is 12.1 Å². The topological polar surface area (TPSA) is 128 Å². The molecule has 0 spiro atoms. The second-order valence-electron chi connectivity index (χ2n) is 7.45. The standard InChI is InChI=1S/C23H21N3O7S/c1-32-23(27)21-20(16-8-4-2-5-9-16)25(22(33-21)17-10-6-3-7-11-17)24-34(30,31)19-14-12-18(13-15-19)26(28)29/h2-15,20-22,24H,1H3/t20-,21+,22-/m0/s1. The molecule has 1 saturated heterocycles. The van der Waals surface area contributed by atoms with E-state index in [1.54, 1.807) is 60.7 Å². The van der Waals surface area contributed by atoms with E-state index in [-0.39, 0.29) is 10.6 Å². The maximum Gasteiger partial charge on any atom is 0.337 e. The smallest absolute Gasteiger partial charge is 0.337 e. The number of nitrogens with one attached hydrogen (secondary N) is 1. The number of hydrogen-bond acceptors (Lipinski definition) is 8. The van der Waals surface area contributed by atoms with Gasteiger partial charge in [-0.15, -0.1) is 4.83 Å². The lowest BCUT2D eigenvalue weighted by molar-refractivity contribution is -0.384. The lowest BCUT2D eigenvalue weighted by Gasteiger charge is -2.29. The Kier molecular flexibility index (Phi) is 6.70. The van der Waals surface area contributed by atoms with Crippen molar-refractivity contribution in [3.05, 3.63) is 106 Å². The Labute approximate surface area is 195 Å². The number of sulfonamides is 1. The van der Waals surface area contributed by atoms with Gasteiger partial charge in [0.25, 0.3) is 15.7 Å². The van der Waals surface area contributed by atoms with Crippen LogP contribution >= 0.6 is 0 Å². The number of methoxy groups -OCH3 is 1. The van der Waals surface area contributed by atoms with Gasteiger partial charge in [-0.3, -0.25) is 10.1 Å². The number of carbonyl (C=O) groups excluding carboxylic acids is 1. The van der Waals surface area contributed by atoms with Gasteiger partial charge >= 0.3 is 5.97 Å². The Bertz CT molecular complexity index is 1270. The molecule has 1 heterocycles. The summed E-state index contributed by atoms with van der Waals surface area (Å²) < 4.78 is 37.5. The zero-order valence-corrected chi connectivity index (χ0v) is 18.8. The van der Waals surface area contributed by atoms with Crippen LogP contribution in [0.5, 0.6) is 0 Å². The molecule has 1 aliphatic rings. The van der Waals surface area contributed by atoms with Crippen LogP contribution in [0.2, 0.25) is 0 Å². The molecule has 10 nitrogen and oxygen atoms in total.